The van der Waals surface area contributed by atoms with Crippen LogP contribution in [0.15, 0.2) is 66.9 Å². The van der Waals surface area contributed by atoms with Crippen LogP contribution < -0.4 is 4.74 Å². The summed E-state index contributed by atoms with van der Waals surface area (Å²) in [6, 6.07) is 19.3. The minimum absolute atomic E-state index is 0.00488. The van der Waals surface area contributed by atoms with Crippen LogP contribution in [-0.2, 0) is 0 Å². The molecular formula is C20H18N2O2. The van der Waals surface area contributed by atoms with Gasteiger partial charge in [0.15, 0.2) is 0 Å². The predicted octanol–water partition coefficient (Wildman–Crippen LogP) is 3.53. The van der Waals surface area contributed by atoms with Gasteiger partial charge >= 0.3 is 0 Å². The van der Waals surface area contributed by atoms with Crippen molar-refractivity contribution >= 4 is 16.8 Å². The van der Waals surface area contributed by atoms with Gasteiger partial charge in [-0.3, -0.25) is 9.78 Å². The Bertz CT molecular complexity index is 858. The van der Waals surface area contributed by atoms with Crippen LogP contribution in [0, 0.1) is 0 Å². The van der Waals surface area contributed by atoms with Crippen LogP contribution in [0.3, 0.4) is 0 Å². The maximum atomic E-state index is 12.5. The molecule has 1 atom stereocenters. The fourth-order valence-electron chi connectivity index (χ4n) is 3.12. The van der Waals surface area contributed by atoms with Crippen LogP contribution in [-0.4, -0.2) is 35.0 Å². The average Bonchev–Trinajstić information content (AvgIpc) is 3.11. The first-order valence-corrected chi connectivity index (χ1v) is 8.16. The van der Waals surface area contributed by atoms with Gasteiger partial charge in [0.1, 0.15) is 17.4 Å². The van der Waals surface area contributed by atoms with Crippen molar-refractivity contribution in [3.8, 4) is 5.75 Å². The molecule has 4 rings (SSSR count). The number of fused-ring (bicyclic) bond motifs is 1. The molecule has 0 N–H and O–H groups in total. The van der Waals surface area contributed by atoms with Crippen LogP contribution in [0.5, 0.6) is 5.75 Å². The van der Waals surface area contributed by atoms with Crippen LogP contribution in [0.2, 0.25) is 0 Å². The van der Waals surface area contributed by atoms with E-state index < -0.39 is 0 Å². The first-order valence-electron chi connectivity index (χ1n) is 8.16. The molecule has 1 aliphatic heterocycles. The highest BCUT2D eigenvalue weighted by Gasteiger charge is 2.28. The molecule has 1 saturated heterocycles. The molecule has 4 heteroatoms. The van der Waals surface area contributed by atoms with Crippen LogP contribution in [0.1, 0.15) is 16.8 Å². The molecule has 2 heterocycles. The second kappa shape index (κ2) is 6.32. The summed E-state index contributed by atoms with van der Waals surface area (Å²) < 4.78 is 6.15. The van der Waals surface area contributed by atoms with Gasteiger partial charge in [-0.15, -0.1) is 0 Å². The van der Waals surface area contributed by atoms with Crippen molar-refractivity contribution in [3.63, 3.8) is 0 Å². The fraction of sp³-hybridized carbons (Fsp3) is 0.200. The normalized spacial score (nSPS) is 17.2. The number of para-hydroxylation sites is 1. The Morgan fingerprint density at radius 1 is 1.04 bits per heavy atom. The summed E-state index contributed by atoms with van der Waals surface area (Å²) in [4.78, 5) is 18.8. The van der Waals surface area contributed by atoms with E-state index in [1.165, 1.54) is 0 Å². The van der Waals surface area contributed by atoms with E-state index in [9.17, 15) is 4.79 Å². The summed E-state index contributed by atoms with van der Waals surface area (Å²) >= 11 is 0. The molecule has 1 fully saturated rings. The number of likely N-dealkylation sites (tertiary alicyclic amines) is 1. The molecule has 0 spiro atoms. The van der Waals surface area contributed by atoms with E-state index in [-0.39, 0.29) is 12.0 Å². The van der Waals surface area contributed by atoms with Gasteiger partial charge in [0, 0.05) is 30.1 Å². The summed E-state index contributed by atoms with van der Waals surface area (Å²) in [7, 11) is 0. The zero-order valence-corrected chi connectivity index (χ0v) is 13.3. The predicted molar refractivity (Wildman–Crippen MR) is 93.1 cm³/mol. The molecule has 0 bridgehead atoms. The Morgan fingerprint density at radius 2 is 1.88 bits per heavy atom. The number of nitrogens with zero attached hydrogens (tertiary/aromatic N) is 2. The number of ether oxygens (including phenoxy) is 1. The zero-order chi connectivity index (χ0) is 16.4. The van der Waals surface area contributed by atoms with Gasteiger partial charge in [-0.05, 0) is 24.3 Å². The molecule has 1 aromatic heterocycles. The SMILES string of the molecule is O=C(c1ccccc1)N1CCC(Oc2cccc3cccnc23)C1. The number of rotatable bonds is 3. The van der Waals surface area contributed by atoms with E-state index in [0.29, 0.717) is 6.54 Å². The number of hydrogen-bond acceptors (Lipinski definition) is 3. The minimum atomic E-state index is 0.00488. The summed E-state index contributed by atoms with van der Waals surface area (Å²) in [5.41, 5.74) is 1.60. The summed E-state index contributed by atoms with van der Waals surface area (Å²) in [6.45, 7) is 1.33. The van der Waals surface area contributed by atoms with Crippen LogP contribution in [0.4, 0.5) is 0 Å². The summed E-state index contributed by atoms with van der Waals surface area (Å²) in [5, 5.41) is 1.06. The first kappa shape index (κ1) is 14.7. The number of hydrogen-bond donors (Lipinski definition) is 0. The highest BCUT2D eigenvalue weighted by atomic mass is 16.5. The molecule has 24 heavy (non-hydrogen) atoms. The number of benzene rings is 2. The van der Waals surface area contributed by atoms with Crippen molar-refractivity contribution in [2.75, 3.05) is 13.1 Å². The van der Waals surface area contributed by atoms with Crippen LogP contribution >= 0.6 is 0 Å². The Morgan fingerprint density at radius 3 is 2.75 bits per heavy atom. The maximum absolute atomic E-state index is 12.5. The second-order valence-electron chi connectivity index (χ2n) is 5.98. The lowest BCUT2D eigenvalue weighted by molar-refractivity contribution is 0.0773. The first-order chi connectivity index (χ1) is 11.8. The molecule has 0 radical (unpaired) electrons. The van der Waals surface area contributed by atoms with E-state index in [2.05, 4.69) is 4.98 Å². The standard InChI is InChI=1S/C20H18N2O2/c23-20(16-6-2-1-3-7-16)22-13-11-17(14-22)24-18-10-4-8-15-9-5-12-21-19(15)18/h1-10,12,17H,11,13-14H2. The lowest BCUT2D eigenvalue weighted by Gasteiger charge is -2.18. The van der Waals surface area contributed by atoms with Crippen LogP contribution in [0.25, 0.3) is 10.9 Å². The Hall–Kier alpha value is -2.88. The topological polar surface area (TPSA) is 42.4 Å². The molecule has 1 unspecified atom stereocenters. The van der Waals surface area contributed by atoms with Gasteiger partial charge in [-0.25, -0.2) is 0 Å². The lowest BCUT2D eigenvalue weighted by Crippen LogP contribution is -2.30. The average molecular weight is 318 g/mol. The lowest BCUT2D eigenvalue weighted by atomic mass is 10.2. The van der Waals surface area contributed by atoms with Crippen molar-refractivity contribution in [2.24, 2.45) is 0 Å². The monoisotopic (exact) mass is 318 g/mol. The molecule has 1 amide bonds. The summed E-state index contributed by atoms with van der Waals surface area (Å²) in [6.07, 6.45) is 2.61. The summed E-state index contributed by atoms with van der Waals surface area (Å²) in [5.74, 6) is 0.852. The Kier molecular flexibility index (Phi) is 3.87. The van der Waals surface area contributed by atoms with Gasteiger partial charge in [0.05, 0.1) is 6.54 Å². The quantitative estimate of drug-likeness (QED) is 0.742. The number of pyridine rings is 1. The van der Waals surface area contributed by atoms with E-state index in [4.69, 9.17) is 4.74 Å². The third kappa shape index (κ3) is 2.83. The molecule has 2 aromatic carbocycles. The number of carbonyl (C=O) groups is 1. The minimum Gasteiger partial charge on any atom is -0.486 e. The van der Waals surface area contributed by atoms with E-state index in [1.807, 2.05) is 65.6 Å². The van der Waals surface area contributed by atoms with Gasteiger partial charge in [-0.2, -0.15) is 0 Å². The van der Waals surface area contributed by atoms with Gasteiger partial charge in [0.2, 0.25) is 0 Å². The Balaban J connectivity index is 1.48. The van der Waals surface area contributed by atoms with E-state index in [1.54, 1.807) is 6.20 Å². The van der Waals surface area contributed by atoms with Crippen molar-refractivity contribution in [1.29, 1.82) is 0 Å². The van der Waals surface area contributed by atoms with Gasteiger partial charge < -0.3 is 9.64 Å². The zero-order valence-electron chi connectivity index (χ0n) is 13.3. The largest absolute Gasteiger partial charge is 0.486 e. The molecule has 1 aliphatic rings. The van der Waals surface area contributed by atoms with Gasteiger partial charge in [0.25, 0.3) is 5.91 Å². The Labute approximate surface area is 140 Å². The highest BCUT2D eigenvalue weighted by molar-refractivity contribution is 5.94. The van der Waals surface area contributed by atoms with Crippen molar-refractivity contribution < 1.29 is 9.53 Å². The van der Waals surface area contributed by atoms with Crippen molar-refractivity contribution in [2.45, 2.75) is 12.5 Å². The molecular weight excluding hydrogens is 300 g/mol. The third-order valence-corrected chi connectivity index (χ3v) is 4.34. The second-order valence-corrected chi connectivity index (χ2v) is 5.98. The van der Waals surface area contributed by atoms with E-state index in [0.717, 1.165) is 35.2 Å². The fourth-order valence-corrected chi connectivity index (χ4v) is 3.12. The van der Waals surface area contributed by atoms with Crippen molar-refractivity contribution in [1.82, 2.24) is 9.88 Å². The molecule has 3 aromatic rings. The molecule has 0 aliphatic carbocycles. The maximum Gasteiger partial charge on any atom is 0.253 e. The molecule has 0 saturated carbocycles. The smallest absolute Gasteiger partial charge is 0.253 e. The highest BCUT2D eigenvalue weighted by Crippen LogP contribution is 2.26. The van der Waals surface area contributed by atoms with Gasteiger partial charge in [-0.1, -0.05) is 36.4 Å². The number of amides is 1. The third-order valence-electron chi connectivity index (χ3n) is 4.34. The van der Waals surface area contributed by atoms with Crippen molar-refractivity contribution in [3.05, 3.63) is 72.4 Å². The molecule has 120 valence electrons. The molecule has 4 nitrogen and oxygen atoms in total. The van der Waals surface area contributed by atoms with E-state index >= 15 is 0 Å². The number of carbonyl (C=O) groups excluding carboxylic acids is 1. The number of aromatic nitrogens is 1.